The first-order valence-electron chi connectivity index (χ1n) is 9.78. The molecule has 1 aliphatic rings. The molecule has 1 atom stereocenters. The SMILES string of the molecule is CC(C)c1[c]ccc(N2CCN(C(=O)c3ccoc3)C(c3ccccc3)C2)c1. The molecule has 2 heterocycles. The van der Waals surface area contributed by atoms with E-state index in [0.29, 0.717) is 18.0 Å². The van der Waals surface area contributed by atoms with Crippen molar-refractivity contribution in [2.75, 3.05) is 24.5 Å². The highest BCUT2D eigenvalue weighted by Gasteiger charge is 2.32. The molecule has 4 nitrogen and oxygen atoms in total. The fraction of sp³-hybridized carbons (Fsp3) is 0.292. The smallest absolute Gasteiger partial charge is 0.257 e. The van der Waals surface area contributed by atoms with Crippen LogP contribution in [0.15, 0.2) is 71.5 Å². The third-order valence-electron chi connectivity index (χ3n) is 5.39. The number of carbonyl (C=O) groups is 1. The van der Waals surface area contributed by atoms with Gasteiger partial charge in [0.2, 0.25) is 0 Å². The number of anilines is 1. The molecule has 0 saturated carbocycles. The van der Waals surface area contributed by atoms with Crippen molar-refractivity contribution >= 4 is 11.6 Å². The van der Waals surface area contributed by atoms with Crippen molar-refractivity contribution in [3.8, 4) is 0 Å². The molecular formula is C24H25N2O2. The molecule has 0 aliphatic carbocycles. The maximum Gasteiger partial charge on any atom is 0.257 e. The Hall–Kier alpha value is -3.01. The van der Waals surface area contributed by atoms with E-state index in [4.69, 9.17) is 4.42 Å². The van der Waals surface area contributed by atoms with Crippen molar-refractivity contribution in [3.05, 3.63) is 89.9 Å². The standard InChI is InChI=1S/C24H25N2O2/c1-18(2)20-9-6-10-22(15-20)25-12-13-26(24(27)21-11-14-28-17-21)23(16-25)19-7-4-3-5-8-19/h3-8,10-11,14-15,17-18,23H,12-13,16H2,1-2H3. The van der Waals surface area contributed by atoms with Gasteiger partial charge >= 0.3 is 0 Å². The monoisotopic (exact) mass is 373 g/mol. The molecule has 1 radical (unpaired) electrons. The minimum absolute atomic E-state index is 0.0102. The summed E-state index contributed by atoms with van der Waals surface area (Å²) in [7, 11) is 0. The Kier molecular flexibility index (Phi) is 5.20. The van der Waals surface area contributed by atoms with Gasteiger partial charge in [0.25, 0.3) is 5.91 Å². The molecule has 1 unspecified atom stereocenters. The second-order valence-corrected chi connectivity index (χ2v) is 7.54. The number of piperazine rings is 1. The molecule has 1 aliphatic heterocycles. The minimum atomic E-state index is -0.0102. The first-order valence-corrected chi connectivity index (χ1v) is 9.78. The lowest BCUT2D eigenvalue weighted by molar-refractivity contribution is 0.0654. The minimum Gasteiger partial charge on any atom is -0.472 e. The van der Waals surface area contributed by atoms with Gasteiger partial charge in [0.1, 0.15) is 6.26 Å². The van der Waals surface area contributed by atoms with E-state index in [1.807, 2.05) is 29.2 Å². The van der Waals surface area contributed by atoms with Crippen LogP contribution in [0.3, 0.4) is 0 Å². The van der Waals surface area contributed by atoms with Gasteiger partial charge in [-0.3, -0.25) is 4.79 Å². The van der Waals surface area contributed by atoms with Gasteiger partial charge in [-0.1, -0.05) is 50.2 Å². The Morgan fingerprint density at radius 3 is 2.68 bits per heavy atom. The van der Waals surface area contributed by atoms with Gasteiger partial charge in [0.05, 0.1) is 17.9 Å². The summed E-state index contributed by atoms with van der Waals surface area (Å²) < 4.78 is 5.13. The Balaban J connectivity index is 1.64. The zero-order valence-electron chi connectivity index (χ0n) is 16.3. The van der Waals surface area contributed by atoms with Crippen molar-refractivity contribution in [1.29, 1.82) is 0 Å². The lowest BCUT2D eigenvalue weighted by Crippen LogP contribution is -2.50. The average molecular weight is 373 g/mol. The first-order chi connectivity index (χ1) is 13.6. The molecule has 1 aromatic heterocycles. The molecule has 0 N–H and O–H groups in total. The van der Waals surface area contributed by atoms with Gasteiger partial charge in [-0.05, 0) is 41.3 Å². The topological polar surface area (TPSA) is 36.7 Å². The molecular weight excluding hydrogens is 348 g/mol. The van der Waals surface area contributed by atoms with Crippen LogP contribution in [-0.2, 0) is 0 Å². The quantitative estimate of drug-likeness (QED) is 0.652. The Labute approximate surface area is 166 Å². The van der Waals surface area contributed by atoms with Crippen LogP contribution >= 0.6 is 0 Å². The highest BCUT2D eigenvalue weighted by Crippen LogP contribution is 2.31. The predicted octanol–water partition coefficient (Wildman–Crippen LogP) is 4.91. The Morgan fingerprint density at radius 1 is 1.14 bits per heavy atom. The third-order valence-corrected chi connectivity index (χ3v) is 5.39. The van der Waals surface area contributed by atoms with Crippen LogP contribution in [0.5, 0.6) is 0 Å². The normalized spacial score (nSPS) is 17.2. The zero-order chi connectivity index (χ0) is 19.5. The van der Waals surface area contributed by atoms with Crippen molar-refractivity contribution in [1.82, 2.24) is 4.90 Å². The molecule has 3 aromatic rings. The summed E-state index contributed by atoms with van der Waals surface area (Å²) in [4.78, 5) is 17.4. The van der Waals surface area contributed by atoms with Gasteiger partial charge < -0.3 is 14.2 Å². The number of furan rings is 1. The number of amides is 1. The Bertz CT molecular complexity index is 919. The van der Waals surface area contributed by atoms with Gasteiger partial charge in [-0.15, -0.1) is 0 Å². The molecule has 143 valence electrons. The molecule has 4 rings (SSSR count). The molecule has 1 fully saturated rings. The van der Waals surface area contributed by atoms with Gasteiger partial charge in [-0.25, -0.2) is 0 Å². The molecule has 0 spiro atoms. The number of hydrogen-bond acceptors (Lipinski definition) is 3. The first kappa shape index (κ1) is 18.4. The summed E-state index contributed by atoms with van der Waals surface area (Å²) in [6, 6.07) is 21.7. The summed E-state index contributed by atoms with van der Waals surface area (Å²) in [5.74, 6) is 0.459. The van der Waals surface area contributed by atoms with Gasteiger partial charge in [0.15, 0.2) is 0 Å². The predicted molar refractivity (Wildman–Crippen MR) is 111 cm³/mol. The summed E-state index contributed by atoms with van der Waals surface area (Å²) in [6.07, 6.45) is 3.08. The molecule has 1 amide bonds. The van der Waals surface area contributed by atoms with Crippen molar-refractivity contribution in [2.45, 2.75) is 25.8 Å². The van der Waals surface area contributed by atoms with E-state index < -0.39 is 0 Å². The van der Waals surface area contributed by atoms with Crippen molar-refractivity contribution in [3.63, 3.8) is 0 Å². The van der Waals surface area contributed by atoms with Crippen molar-refractivity contribution < 1.29 is 9.21 Å². The lowest BCUT2D eigenvalue weighted by atomic mass is 9.99. The van der Waals surface area contributed by atoms with Crippen LogP contribution in [0.25, 0.3) is 0 Å². The number of carbonyl (C=O) groups excluding carboxylic acids is 1. The average Bonchev–Trinajstić information content (AvgIpc) is 3.28. The van der Waals surface area contributed by atoms with Gasteiger partial charge in [-0.2, -0.15) is 0 Å². The van der Waals surface area contributed by atoms with E-state index in [1.165, 1.54) is 17.5 Å². The molecule has 28 heavy (non-hydrogen) atoms. The maximum atomic E-state index is 13.1. The number of nitrogens with zero attached hydrogens (tertiary/aromatic N) is 2. The van der Waals surface area contributed by atoms with E-state index in [9.17, 15) is 4.79 Å². The zero-order valence-corrected chi connectivity index (χ0v) is 16.3. The molecule has 4 heteroatoms. The van der Waals surface area contributed by atoms with E-state index >= 15 is 0 Å². The summed E-state index contributed by atoms with van der Waals surface area (Å²) in [6.45, 7) is 6.59. The van der Waals surface area contributed by atoms with E-state index in [1.54, 1.807) is 12.3 Å². The van der Waals surface area contributed by atoms with Crippen LogP contribution in [0, 0.1) is 6.07 Å². The number of rotatable bonds is 4. The lowest BCUT2D eigenvalue weighted by Gasteiger charge is -2.42. The van der Waals surface area contributed by atoms with Crippen molar-refractivity contribution in [2.24, 2.45) is 0 Å². The van der Waals surface area contributed by atoms with E-state index in [2.05, 4.69) is 49.1 Å². The maximum absolute atomic E-state index is 13.1. The highest BCUT2D eigenvalue weighted by atomic mass is 16.3. The fourth-order valence-electron chi connectivity index (χ4n) is 3.78. The molecule has 0 bridgehead atoms. The summed E-state index contributed by atoms with van der Waals surface area (Å²) in [5, 5.41) is 0. The number of benzene rings is 2. The number of hydrogen-bond donors (Lipinski definition) is 0. The van der Waals surface area contributed by atoms with E-state index in [-0.39, 0.29) is 11.9 Å². The van der Waals surface area contributed by atoms with Crippen LogP contribution in [0.2, 0.25) is 0 Å². The largest absolute Gasteiger partial charge is 0.472 e. The van der Waals surface area contributed by atoms with Crippen LogP contribution in [0.1, 0.15) is 47.3 Å². The summed E-state index contributed by atoms with van der Waals surface area (Å²) in [5.41, 5.74) is 4.16. The van der Waals surface area contributed by atoms with E-state index in [0.717, 1.165) is 18.7 Å². The molecule has 1 saturated heterocycles. The third kappa shape index (κ3) is 3.68. The summed E-state index contributed by atoms with van der Waals surface area (Å²) >= 11 is 0. The fourth-order valence-corrected chi connectivity index (χ4v) is 3.78. The second-order valence-electron chi connectivity index (χ2n) is 7.54. The van der Waals surface area contributed by atoms with Crippen LogP contribution < -0.4 is 4.90 Å². The van der Waals surface area contributed by atoms with Gasteiger partial charge in [0, 0.05) is 25.3 Å². The highest BCUT2D eigenvalue weighted by molar-refractivity contribution is 5.94. The molecule has 2 aromatic carbocycles. The van der Waals surface area contributed by atoms with Crippen LogP contribution in [0.4, 0.5) is 5.69 Å². The van der Waals surface area contributed by atoms with Crippen LogP contribution in [-0.4, -0.2) is 30.4 Å². The second kappa shape index (κ2) is 7.93. The Morgan fingerprint density at radius 2 is 1.96 bits per heavy atom.